The van der Waals surface area contributed by atoms with E-state index >= 15 is 0 Å². The summed E-state index contributed by atoms with van der Waals surface area (Å²) >= 11 is 0. The standard InChI is InChI=1S/C15H17N3O/c1-2-6-11-7-3-4-9-13(11)18-15(19)12-8-5-10-17-14(12)16/h3-5,7-10H,2,6H2,1H3,(H2,16,17)(H,18,19). The number of hydrogen-bond acceptors (Lipinski definition) is 3. The molecule has 0 aliphatic rings. The molecular formula is C15H17N3O. The van der Waals surface area contributed by atoms with Crippen LogP contribution in [-0.2, 0) is 6.42 Å². The van der Waals surface area contributed by atoms with Crippen LogP contribution in [0.5, 0.6) is 0 Å². The third kappa shape index (κ3) is 3.10. The second kappa shape index (κ2) is 6.00. The topological polar surface area (TPSA) is 68.0 Å². The Balaban J connectivity index is 2.22. The van der Waals surface area contributed by atoms with Crippen molar-refractivity contribution in [2.24, 2.45) is 0 Å². The van der Waals surface area contributed by atoms with Crippen LogP contribution >= 0.6 is 0 Å². The van der Waals surface area contributed by atoms with Gasteiger partial charge in [0.15, 0.2) is 0 Å². The van der Waals surface area contributed by atoms with Gasteiger partial charge in [0.25, 0.3) is 5.91 Å². The maximum Gasteiger partial charge on any atom is 0.259 e. The summed E-state index contributed by atoms with van der Waals surface area (Å²) in [6.45, 7) is 2.11. The molecule has 1 amide bonds. The van der Waals surface area contributed by atoms with Crippen molar-refractivity contribution in [1.29, 1.82) is 0 Å². The molecule has 0 saturated carbocycles. The quantitative estimate of drug-likeness (QED) is 0.882. The minimum Gasteiger partial charge on any atom is -0.383 e. The summed E-state index contributed by atoms with van der Waals surface area (Å²) in [5.41, 5.74) is 8.05. The van der Waals surface area contributed by atoms with Crippen LogP contribution in [0.25, 0.3) is 0 Å². The Morgan fingerprint density at radius 1 is 1.26 bits per heavy atom. The number of carbonyl (C=O) groups is 1. The van der Waals surface area contributed by atoms with Gasteiger partial charge in [0.1, 0.15) is 5.82 Å². The van der Waals surface area contributed by atoms with Gasteiger partial charge in [-0.2, -0.15) is 0 Å². The van der Waals surface area contributed by atoms with E-state index in [1.165, 1.54) is 0 Å². The third-order valence-corrected chi connectivity index (χ3v) is 2.87. The van der Waals surface area contributed by atoms with Crippen molar-refractivity contribution in [2.45, 2.75) is 19.8 Å². The molecule has 0 saturated heterocycles. The number of nitrogen functional groups attached to an aromatic ring is 1. The Hall–Kier alpha value is -2.36. The maximum atomic E-state index is 12.2. The summed E-state index contributed by atoms with van der Waals surface area (Å²) in [5, 5.41) is 2.89. The first-order valence-electron chi connectivity index (χ1n) is 6.32. The summed E-state index contributed by atoms with van der Waals surface area (Å²) < 4.78 is 0. The fourth-order valence-electron chi connectivity index (χ4n) is 1.93. The molecule has 1 aromatic carbocycles. The molecule has 0 bridgehead atoms. The number of aryl methyl sites for hydroxylation is 1. The molecule has 98 valence electrons. The van der Waals surface area contributed by atoms with Crippen LogP contribution in [0.15, 0.2) is 42.6 Å². The van der Waals surface area contributed by atoms with Gasteiger partial charge in [-0.15, -0.1) is 0 Å². The predicted molar refractivity (Wildman–Crippen MR) is 77.0 cm³/mol. The van der Waals surface area contributed by atoms with Gasteiger partial charge in [0.2, 0.25) is 0 Å². The van der Waals surface area contributed by atoms with Gasteiger partial charge in [-0.1, -0.05) is 31.5 Å². The number of amides is 1. The van der Waals surface area contributed by atoms with Crippen LogP contribution in [-0.4, -0.2) is 10.9 Å². The molecule has 0 radical (unpaired) electrons. The van der Waals surface area contributed by atoms with Crippen LogP contribution in [0.1, 0.15) is 29.3 Å². The van der Waals surface area contributed by atoms with E-state index in [1.807, 2.05) is 24.3 Å². The van der Waals surface area contributed by atoms with Crippen LogP contribution in [0.2, 0.25) is 0 Å². The van der Waals surface area contributed by atoms with E-state index in [4.69, 9.17) is 5.73 Å². The van der Waals surface area contributed by atoms with Gasteiger partial charge in [0.05, 0.1) is 5.56 Å². The fraction of sp³-hybridized carbons (Fsp3) is 0.200. The van der Waals surface area contributed by atoms with Crippen LogP contribution < -0.4 is 11.1 Å². The van der Waals surface area contributed by atoms with Gasteiger partial charge >= 0.3 is 0 Å². The van der Waals surface area contributed by atoms with Crippen molar-refractivity contribution >= 4 is 17.4 Å². The largest absolute Gasteiger partial charge is 0.383 e. The molecule has 1 aromatic heterocycles. The van der Waals surface area contributed by atoms with Crippen LogP contribution in [0, 0.1) is 0 Å². The SMILES string of the molecule is CCCc1ccccc1NC(=O)c1cccnc1N. The number of carbonyl (C=O) groups excluding carboxylic acids is 1. The van der Waals surface area contributed by atoms with Crippen molar-refractivity contribution < 1.29 is 4.79 Å². The molecule has 2 rings (SSSR count). The van der Waals surface area contributed by atoms with Gasteiger partial charge in [0, 0.05) is 11.9 Å². The lowest BCUT2D eigenvalue weighted by molar-refractivity contribution is 0.102. The van der Waals surface area contributed by atoms with Crippen molar-refractivity contribution in [3.63, 3.8) is 0 Å². The zero-order valence-electron chi connectivity index (χ0n) is 10.9. The smallest absolute Gasteiger partial charge is 0.259 e. The van der Waals surface area contributed by atoms with E-state index < -0.39 is 0 Å². The fourth-order valence-corrected chi connectivity index (χ4v) is 1.93. The molecule has 0 atom stereocenters. The number of benzene rings is 1. The lowest BCUT2D eigenvalue weighted by atomic mass is 10.1. The summed E-state index contributed by atoms with van der Waals surface area (Å²) in [7, 11) is 0. The van der Waals surface area contributed by atoms with Gasteiger partial charge in [-0.3, -0.25) is 4.79 Å². The van der Waals surface area contributed by atoms with Crippen molar-refractivity contribution in [2.75, 3.05) is 11.1 Å². The number of nitrogens with zero attached hydrogens (tertiary/aromatic N) is 1. The number of aromatic nitrogens is 1. The Morgan fingerprint density at radius 2 is 2.05 bits per heavy atom. The average Bonchev–Trinajstić information content (AvgIpc) is 2.41. The first-order chi connectivity index (χ1) is 9.22. The van der Waals surface area contributed by atoms with Gasteiger partial charge in [-0.05, 0) is 30.2 Å². The highest BCUT2D eigenvalue weighted by Gasteiger charge is 2.11. The molecule has 4 heteroatoms. The number of pyridine rings is 1. The first kappa shape index (κ1) is 13.1. The maximum absolute atomic E-state index is 12.2. The normalized spacial score (nSPS) is 10.2. The van der Waals surface area contributed by atoms with E-state index in [1.54, 1.807) is 18.3 Å². The number of nitrogens with two attached hydrogens (primary N) is 1. The Bertz CT molecular complexity index is 581. The van der Waals surface area contributed by atoms with Gasteiger partial charge < -0.3 is 11.1 Å². The lowest BCUT2D eigenvalue weighted by Crippen LogP contribution is -2.15. The number of nitrogens with one attached hydrogen (secondary N) is 1. The molecule has 0 spiro atoms. The van der Waals surface area contributed by atoms with Crippen molar-refractivity contribution in [1.82, 2.24) is 4.98 Å². The molecule has 4 nitrogen and oxygen atoms in total. The average molecular weight is 255 g/mol. The molecule has 1 heterocycles. The predicted octanol–water partition coefficient (Wildman–Crippen LogP) is 2.87. The summed E-state index contributed by atoms with van der Waals surface area (Å²) in [6.07, 6.45) is 3.53. The molecule has 0 aliphatic heterocycles. The van der Waals surface area contributed by atoms with E-state index in [0.29, 0.717) is 5.56 Å². The second-order valence-corrected chi connectivity index (χ2v) is 4.30. The molecule has 0 unspecified atom stereocenters. The summed E-state index contributed by atoms with van der Waals surface area (Å²) in [5.74, 6) is 0.0159. The monoisotopic (exact) mass is 255 g/mol. The number of hydrogen-bond donors (Lipinski definition) is 2. The minimum atomic E-state index is -0.228. The molecule has 2 aromatic rings. The zero-order valence-corrected chi connectivity index (χ0v) is 10.9. The number of rotatable bonds is 4. The van der Waals surface area contributed by atoms with Crippen molar-refractivity contribution in [3.05, 3.63) is 53.7 Å². The van der Waals surface area contributed by atoms with E-state index in [2.05, 4.69) is 17.2 Å². The van der Waals surface area contributed by atoms with Crippen LogP contribution in [0.3, 0.4) is 0 Å². The zero-order chi connectivity index (χ0) is 13.7. The highest BCUT2D eigenvalue weighted by Crippen LogP contribution is 2.18. The van der Waals surface area contributed by atoms with E-state index in [9.17, 15) is 4.79 Å². The summed E-state index contributed by atoms with van der Waals surface area (Å²) in [6, 6.07) is 11.2. The summed E-state index contributed by atoms with van der Waals surface area (Å²) in [4.78, 5) is 16.1. The lowest BCUT2D eigenvalue weighted by Gasteiger charge is -2.11. The number of anilines is 2. The van der Waals surface area contributed by atoms with E-state index in [0.717, 1.165) is 24.1 Å². The first-order valence-corrected chi connectivity index (χ1v) is 6.32. The van der Waals surface area contributed by atoms with Crippen LogP contribution in [0.4, 0.5) is 11.5 Å². The third-order valence-electron chi connectivity index (χ3n) is 2.87. The Kier molecular flexibility index (Phi) is 4.13. The molecular weight excluding hydrogens is 238 g/mol. The molecule has 0 fully saturated rings. The van der Waals surface area contributed by atoms with Crippen molar-refractivity contribution in [3.8, 4) is 0 Å². The molecule has 0 aliphatic carbocycles. The molecule has 3 N–H and O–H groups in total. The highest BCUT2D eigenvalue weighted by molar-refractivity contribution is 6.07. The number of para-hydroxylation sites is 1. The second-order valence-electron chi connectivity index (χ2n) is 4.30. The minimum absolute atomic E-state index is 0.228. The Labute approximate surface area is 112 Å². The Morgan fingerprint density at radius 3 is 2.79 bits per heavy atom. The highest BCUT2D eigenvalue weighted by atomic mass is 16.1. The molecule has 19 heavy (non-hydrogen) atoms. The van der Waals surface area contributed by atoms with E-state index in [-0.39, 0.29) is 11.7 Å². The van der Waals surface area contributed by atoms with Gasteiger partial charge in [-0.25, -0.2) is 4.98 Å².